The molecule has 0 aliphatic carbocycles. The van der Waals surface area contributed by atoms with Crippen LogP contribution in [0.3, 0.4) is 0 Å². The summed E-state index contributed by atoms with van der Waals surface area (Å²) in [6.07, 6.45) is 2.32. The van der Waals surface area contributed by atoms with Gasteiger partial charge in [-0.2, -0.15) is 0 Å². The molecule has 2 heterocycles. The molecule has 0 radical (unpaired) electrons. The second-order valence-electron chi connectivity index (χ2n) is 4.69. The third-order valence-corrected chi connectivity index (χ3v) is 3.58. The summed E-state index contributed by atoms with van der Waals surface area (Å²) in [5, 5.41) is 0.579. The SMILES string of the molecule is CCC1CN(C)CCCN1c1cccc(Cl)n1. The molecule has 2 rings (SSSR count). The van der Waals surface area contributed by atoms with Gasteiger partial charge >= 0.3 is 0 Å². The molecular weight excluding hydrogens is 234 g/mol. The van der Waals surface area contributed by atoms with Crippen molar-refractivity contribution in [1.29, 1.82) is 0 Å². The second-order valence-corrected chi connectivity index (χ2v) is 5.08. The fourth-order valence-electron chi connectivity index (χ4n) is 2.45. The van der Waals surface area contributed by atoms with Gasteiger partial charge in [0.15, 0.2) is 0 Å². The van der Waals surface area contributed by atoms with Gasteiger partial charge in [-0.05, 0) is 38.6 Å². The molecule has 0 spiro atoms. The minimum Gasteiger partial charge on any atom is -0.352 e. The molecular formula is C13H20ClN3. The first-order chi connectivity index (χ1) is 8.20. The van der Waals surface area contributed by atoms with Crippen molar-refractivity contribution in [3.8, 4) is 0 Å². The van der Waals surface area contributed by atoms with E-state index in [1.807, 2.05) is 12.1 Å². The molecule has 1 fully saturated rings. The molecule has 1 unspecified atom stereocenters. The number of hydrogen-bond donors (Lipinski definition) is 0. The fraction of sp³-hybridized carbons (Fsp3) is 0.615. The Morgan fingerprint density at radius 2 is 2.24 bits per heavy atom. The van der Waals surface area contributed by atoms with Crippen molar-refractivity contribution < 1.29 is 0 Å². The molecule has 1 aliphatic heterocycles. The van der Waals surface area contributed by atoms with E-state index in [1.165, 1.54) is 6.42 Å². The lowest BCUT2D eigenvalue weighted by atomic mass is 10.2. The van der Waals surface area contributed by atoms with Crippen molar-refractivity contribution in [3.63, 3.8) is 0 Å². The van der Waals surface area contributed by atoms with Crippen molar-refractivity contribution >= 4 is 17.4 Å². The van der Waals surface area contributed by atoms with Gasteiger partial charge in [0.1, 0.15) is 11.0 Å². The topological polar surface area (TPSA) is 19.4 Å². The van der Waals surface area contributed by atoms with E-state index in [9.17, 15) is 0 Å². The summed E-state index contributed by atoms with van der Waals surface area (Å²) in [6, 6.07) is 6.40. The van der Waals surface area contributed by atoms with Crippen LogP contribution in [0.1, 0.15) is 19.8 Å². The van der Waals surface area contributed by atoms with Crippen LogP contribution in [0.15, 0.2) is 18.2 Å². The summed E-state index contributed by atoms with van der Waals surface area (Å²) >= 11 is 5.98. The van der Waals surface area contributed by atoms with Gasteiger partial charge in [-0.1, -0.05) is 24.6 Å². The number of rotatable bonds is 2. The van der Waals surface area contributed by atoms with E-state index in [4.69, 9.17) is 11.6 Å². The zero-order valence-electron chi connectivity index (χ0n) is 10.6. The Hall–Kier alpha value is -0.800. The molecule has 17 heavy (non-hydrogen) atoms. The van der Waals surface area contributed by atoms with Gasteiger partial charge in [0.05, 0.1) is 0 Å². The van der Waals surface area contributed by atoms with Crippen molar-refractivity contribution in [3.05, 3.63) is 23.4 Å². The molecule has 1 saturated heterocycles. The molecule has 0 N–H and O–H groups in total. The van der Waals surface area contributed by atoms with Crippen LogP contribution >= 0.6 is 11.6 Å². The third kappa shape index (κ3) is 3.11. The second kappa shape index (κ2) is 5.69. The summed E-state index contributed by atoms with van der Waals surface area (Å²) in [6.45, 7) is 5.57. The highest BCUT2D eigenvalue weighted by Crippen LogP contribution is 2.21. The number of aromatic nitrogens is 1. The molecule has 0 bridgehead atoms. The van der Waals surface area contributed by atoms with E-state index in [0.29, 0.717) is 11.2 Å². The van der Waals surface area contributed by atoms with E-state index in [2.05, 4.69) is 34.8 Å². The molecule has 1 aromatic heterocycles. The summed E-state index contributed by atoms with van der Waals surface area (Å²) in [7, 11) is 2.19. The van der Waals surface area contributed by atoms with Crippen molar-refractivity contribution in [1.82, 2.24) is 9.88 Å². The van der Waals surface area contributed by atoms with Crippen LogP contribution in [0.4, 0.5) is 5.82 Å². The van der Waals surface area contributed by atoms with Crippen molar-refractivity contribution in [2.45, 2.75) is 25.8 Å². The van der Waals surface area contributed by atoms with E-state index >= 15 is 0 Å². The van der Waals surface area contributed by atoms with Crippen LogP contribution in [0, 0.1) is 0 Å². The zero-order chi connectivity index (χ0) is 12.3. The number of likely N-dealkylation sites (N-methyl/N-ethyl adjacent to an activating group) is 1. The fourth-order valence-corrected chi connectivity index (χ4v) is 2.61. The van der Waals surface area contributed by atoms with E-state index in [1.54, 1.807) is 0 Å². The smallest absolute Gasteiger partial charge is 0.131 e. The molecule has 0 amide bonds. The van der Waals surface area contributed by atoms with E-state index < -0.39 is 0 Å². The quantitative estimate of drug-likeness (QED) is 0.756. The van der Waals surface area contributed by atoms with Crippen LogP contribution in [0.25, 0.3) is 0 Å². The van der Waals surface area contributed by atoms with Crippen LogP contribution in [0.2, 0.25) is 5.15 Å². The van der Waals surface area contributed by atoms with Crippen molar-refractivity contribution in [2.75, 3.05) is 31.6 Å². The summed E-state index contributed by atoms with van der Waals surface area (Å²) in [4.78, 5) is 9.23. The lowest BCUT2D eigenvalue weighted by molar-refractivity contribution is 0.327. The highest BCUT2D eigenvalue weighted by Gasteiger charge is 2.22. The number of hydrogen-bond acceptors (Lipinski definition) is 3. The summed E-state index contributed by atoms with van der Waals surface area (Å²) in [5.74, 6) is 1.01. The molecule has 4 heteroatoms. The Morgan fingerprint density at radius 1 is 1.41 bits per heavy atom. The standard InChI is InChI=1S/C13H20ClN3/c1-3-11-10-16(2)8-5-9-17(11)13-7-4-6-12(14)15-13/h4,6-7,11H,3,5,8-10H2,1-2H3. The molecule has 3 nitrogen and oxygen atoms in total. The largest absolute Gasteiger partial charge is 0.352 e. The Labute approximate surface area is 108 Å². The van der Waals surface area contributed by atoms with Crippen molar-refractivity contribution in [2.24, 2.45) is 0 Å². The monoisotopic (exact) mass is 253 g/mol. The average Bonchev–Trinajstić information content (AvgIpc) is 2.50. The molecule has 0 aromatic carbocycles. The first-order valence-electron chi connectivity index (χ1n) is 6.28. The lowest BCUT2D eigenvalue weighted by Gasteiger charge is -2.31. The third-order valence-electron chi connectivity index (χ3n) is 3.37. The van der Waals surface area contributed by atoms with E-state index in [-0.39, 0.29) is 0 Å². The van der Waals surface area contributed by atoms with Crippen LogP contribution in [0.5, 0.6) is 0 Å². The molecule has 94 valence electrons. The van der Waals surface area contributed by atoms with Crippen LogP contribution in [-0.4, -0.2) is 42.6 Å². The Morgan fingerprint density at radius 3 is 2.94 bits per heavy atom. The zero-order valence-corrected chi connectivity index (χ0v) is 11.3. The van der Waals surface area contributed by atoms with Gasteiger partial charge in [0, 0.05) is 19.1 Å². The lowest BCUT2D eigenvalue weighted by Crippen LogP contribution is -2.40. The highest BCUT2D eigenvalue weighted by atomic mass is 35.5. The summed E-state index contributed by atoms with van der Waals surface area (Å²) < 4.78 is 0. The first-order valence-corrected chi connectivity index (χ1v) is 6.66. The minimum absolute atomic E-state index is 0.536. The molecule has 1 aliphatic rings. The van der Waals surface area contributed by atoms with Crippen LogP contribution in [-0.2, 0) is 0 Å². The maximum absolute atomic E-state index is 5.98. The highest BCUT2D eigenvalue weighted by molar-refractivity contribution is 6.29. The number of pyridine rings is 1. The van der Waals surface area contributed by atoms with Gasteiger partial charge in [-0.25, -0.2) is 4.98 Å². The first kappa shape index (κ1) is 12.7. The van der Waals surface area contributed by atoms with Gasteiger partial charge in [-0.15, -0.1) is 0 Å². The van der Waals surface area contributed by atoms with Gasteiger partial charge in [0.2, 0.25) is 0 Å². The Kier molecular flexibility index (Phi) is 4.24. The molecule has 1 atom stereocenters. The number of anilines is 1. The summed E-state index contributed by atoms with van der Waals surface area (Å²) in [5.41, 5.74) is 0. The van der Waals surface area contributed by atoms with Gasteiger partial charge in [-0.3, -0.25) is 0 Å². The molecule has 1 aromatic rings. The van der Waals surface area contributed by atoms with E-state index in [0.717, 1.165) is 31.9 Å². The number of halogens is 1. The maximum Gasteiger partial charge on any atom is 0.131 e. The predicted molar refractivity (Wildman–Crippen MR) is 72.8 cm³/mol. The van der Waals surface area contributed by atoms with Crippen LogP contribution < -0.4 is 4.90 Å². The average molecular weight is 254 g/mol. The Balaban J connectivity index is 2.22. The Bertz CT molecular complexity index is 369. The number of nitrogens with zero attached hydrogens (tertiary/aromatic N) is 3. The predicted octanol–water partition coefficient (Wildman–Crippen LogP) is 2.66. The van der Waals surface area contributed by atoms with Gasteiger partial charge < -0.3 is 9.80 Å². The minimum atomic E-state index is 0.536. The van der Waals surface area contributed by atoms with Gasteiger partial charge in [0.25, 0.3) is 0 Å². The molecule has 0 saturated carbocycles. The maximum atomic E-state index is 5.98. The normalized spacial score (nSPS) is 22.5.